The molecule has 0 saturated carbocycles. The number of hydrogen-bond donors (Lipinski definition) is 2. The summed E-state index contributed by atoms with van der Waals surface area (Å²) in [5.41, 5.74) is 1.50. The van der Waals surface area contributed by atoms with E-state index in [9.17, 15) is 14.4 Å². The first-order valence-electron chi connectivity index (χ1n) is 8.49. The van der Waals surface area contributed by atoms with Crippen molar-refractivity contribution in [2.75, 3.05) is 16.9 Å². The molecule has 2 N–H and O–H groups in total. The molecule has 0 spiro atoms. The molecule has 1 aliphatic heterocycles. The second kappa shape index (κ2) is 9.43. The van der Waals surface area contributed by atoms with Crippen LogP contribution in [0.25, 0.3) is 0 Å². The smallest absolute Gasteiger partial charge is 0.269 e. The van der Waals surface area contributed by atoms with E-state index in [0.717, 1.165) is 16.3 Å². The van der Waals surface area contributed by atoms with Crippen LogP contribution in [-0.2, 0) is 20.8 Å². The van der Waals surface area contributed by atoms with Gasteiger partial charge < -0.3 is 10.6 Å². The first kappa shape index (κ1) is 20.0. The van der Waals surface area contributed by atoms with Crippen molar-refractivity contribution < 1.29 is 14.4 Å². The lowest BCUT2D eigenvalue weighted by atomic mass is 10.1. The van der Waals surface area contributed by atoms with Gasteiger partial charge in [0.05, 0.1) is 11.6 Å². The first-order valence-corrected chi connectivity index (χ1v) is 10.6. The molecule has 1 atom stereocenters. The van der Waals surface area contributed by atoms with Crippen molar-refractivity contribution in [1.29, 1.82) is 0 Å². The molecule has 1 aromatic carbocycles. The molecule has 3 amide bonds. The van der Waals surface area contributed by atoms with Gasteiger partial charge in [-0.3, -0.25) is 14.4 Å². The van der Waals surface area contributed by atoms with Crippen LogP contribution in [0.4, 0.5) is 10.8 Å². The summed E-state index contributed by atoms with van der Waals surface area (Å²) < 4.78 is 0. The Hall–Kier alpha value is -2.78. The van der Waals surface area contributed by atoms with Crippen LogP contribution < -0.4 is 10.6 Å². The van der Waals surface area contributed by atoms with Crippen LogP contribution in [0, 0.1) is 5.92 Å². The maximum Gasteiger partial charge on any atom is 0.269 e. The van der Waals surface area contributed by atoms with Gasteiger partial charge in [0.2, 0.25) is 11.8 Å². The van der Waals surface area contributed by atoms with Crippen LogP contribution in [0.5, 0.6) is 0 Å². The number of anilines is 2. The van der Waals surface area contributed by atoms with Crippen LogP contribution in [0.3, 0.4) is 0 Å². The Kier molecular flexibility index (Phi) is 6.72. The molecule has 3 rings (SSSR count). The number of nitrogens with one attached hydrogen (secondary N) is 2. The summed E-state index contributed by atoms with van der Waals surface area (Å²) in [4.78, 5) is 44.3. The molecular formula is C19H18N4O3S2. The predicted octanol–water partition coefficient (Wildman–Crippen LogP) is 3.16. The Morgan fingerprint density at radius 3 is 2.89 bits per heavy atom. The maximum atomic E-state index is 12.1. The van der Waals surface area contributed by atoms with Crippen LogP contribution in [0.2, 0.25) is 0 Å². The first-order chi connectivity index (χ1) is 13.5. The average Bonchev–Trinajstić information content (AvgIpc) is 3.14. The lowest BCUT2D eigenvalue weighted by Gasteiger charge is -2.08. The second-order valence-electron chi connectivity index (χ2n) is 5.91. The highest BCUT2D eigenvalue weighted by atomic mass is 32.2. The van der Waals surface area contributed by atoms with Gasteiger partial charge in [-0.05, 0) is 30.9 Å². The zero-order chi connectivity index (χ0) is 19.9. The quantitative estimate of drug-likeness (QED) is 0.678. The minimum Gasteiger partial charge on any atom is -0.326 e. The SMILES string of the molecule is CSc1cccc(NC(=O)CCc2csc(NC(=O)C3C=CC(=O)N=C3)n2)c1. The number of thiazole rings is 1. The molecule has 0 saturated heterocycles. The van der Waals surface area contributed by atoms with Crippen molar-refractivity contribution in [2.24, 2.45) is 10.9 Å². The number of aromatic nitrogens is 1. The van der Waals surface area contributed by atoms with Crippen LogP contribution in [0.15, 0.2) is 51.7 Å². The minimum absolute atomic E-state index is 0.0925. The van der Waals surface area contributed by atoms with Crippen molar-refractivity contribution in [3.8, 4) is 0 Å². The second-order valence-corrected chi connectivity index (χ2v) is 7.65. The van der Waals surface area contributed by atoms with Gasteiger partial charge in [0.25, 0.3) is 5.91 Å². The highest BCUT2D eigenvalue weighted by Crippen LogP contribution is 2.20. The standard InChI is InChI=1S/C19H18N4O3S2/c1-27-15-4-2-3-13(9-15)21-17(25)8-6-14-11-28-19(22-14)23-18(26)12-5-7-16(24)20-10-12/h2-5,7,9-12H,6,8H2,1H3,(H,21,25)(H,22,23,26). The maximum absolute atomic E-state index is 12.1. The molecule has 2 aromatic rings. The van der Waals surface area contributed by atoms with Crippen molar-refractivity contribution in [1.82, 2.24) is 4.98 Å². The lowest BCUT2D eigenvalue weighted by molar-refractivity contribution is -0.117. The number of aliphatic imine (C=N–C) groups is 1. The Labute approximate surface area is 170 Å². The van der Waals surface area contributed by atoms with Crippen molar-refractivity contribution >= 4 is 57.9 Å². The number of nitrogens with zero attached hydrogens (tertiary/aromatic N) is 2. The molecule has 0 aliphatic carbocycles. The van der Waals surface area contributed by atoms with Gasteiger partial charge in [-0.25, -0.2) is 9.98 Å². The molecule has 9 heteroatoms. The Bertz CT molecular complexity index is 936. The number of hydrogen-bond acceptors (Lipinski definition) is 6. The van der Waals surface area contributed by atoms with Gasteiger partial charge in [0.15, 0.2) is 5.13 Å². The summed E-state index contributed by atoms with van der Waals surface area (Å²) in [6.45, 7) is 0. The number of carbonyl (C=O) groups excluding carboxylic acids is 3. The third-order valence-corrected chi connectivity index (χ3v) is 5.39. The summed E-state index contributed by atoms with van der Waals surface area (Å²) in [6.07, 6.45) is 6.82. The highest BCUT2D eigenvalue weighted by Gasteiger charge is 2.18. The van der Waals surface area contributed by atoms with Gasteiger partial charge in [-0.2, -0.15) is 0 Å². The van der Waals surface area contributed by atoms with Gasteiger partial charge in [0.1, 0.15) is 0 Å². The molecule has 0 radical (unpaired) electrons. The Morgan fingerprint density at radius 1 is 1.29 bits per heavy atom. The normalized spacial score (nSPS) is 15.5. The summed E-state index contributed by atoms with van der Waals surface area (Å²) in [5, 5.41) is 7.84. The minimum atomic E-state index is -0.590. The van der Waals surface area contributed by atoms with Gasteiger partial charge in [-0.15, -0.1) is 23.1 Å². The molecule has 1 unspecified atom stereocenters. The molecular weight excluding hydrogens is 396 g/mol. The third-order valence-electron chi connectivity index (χ3n) is 3.85. The van der Waals surface area contributed by atoms with Crippen molar-refractivity contribution in [2.45, 2.75) is 17.7 Å². The van der Waals surface area contributed by atoms with Crippen LogP contribution in [0.1, 0.15) is 12.1 Å². The van der Waals surface area contributed by atoms with E-state index >= 15 is 0 Å². The number of aryl methyl sites for hydroxylation is 1. The molecule has 7 nitrogen and oxygen atoms in total. The zero-order valence-corrected chi connectivity index (χ0v) is 16.7. The number of benzene rings is 1. The fraction of sp³-hybridized carbons (Fsp3) is 0.211. The highest BCUT2D eigenvalue weighted by molar-refractivity contribution is 7.98. The summed E-state index contributed by atoms with van der Waals surface area (Å²) in [7, 11) is 0. The van der Waals surface area contributed by atoms with E-state index in [1.54, 1.807) is 11.8 Å². The lowest BCUT2D eigenvalue weighted by Crippen LogP contribution is -2.24. The molecule has 1 aliphatic rings. The molecule has 144 valence electrons. The van der Waals surface area contributed by atoms with E-state index in [2.05, 4.69) is 20.6 Å². The van der Waals surface area contributed by atoms with Gasteiger partial charge in [0, 0.05) is 34.7 Å². The molecule has 1 aromatic heterocycles. The fourth-order valence-corrected chi connectivity index (χ4v) is 3.63. The van der Waals surface area contributed by atoms with Crippen molar-refractivity contribution in [3.05, 3.63) is 47.5 Å². The average molecular weight is 415 g/mol. The number of dihydropyridines is 1. The fourth-order valence-electron chi connectivity index (χ4n) is 2.42. The van der Waals surface area contributed by atoms with E-state index in [-0.39, 0.29) is 17.7 Å². The monoisotopic (exact) mass is 414 g/mol. The number of rotatable bonds is 7. The van der Waals surface area contributed by atoms with E-state index in [1.165, 1.54) is 29.7 Å². The van der Waals surface area contributed by atoms with Gasteiger partial charge in [-0.1, -0.05) is 12.1 Å². The number of carbonyl (C=O) groups is 3. The molecule has 28 heavy (non-hydrogen) atoms. The van der Waals surface area contributed by atoms with Gasteiger partial charge >= 0.3 is 0 Å². The largest absolute Gasteiger partial charge is 0.326 e. The number of amides is 3. The Morgan fingerprint density at radius 2 is 2.14 bits per heavy atom. The topological polar surface area (TPSA) is 101 Å². The predicted molar refractivity (Wildman–Crippen MR) is 112 cm³/mol. The van der Waals surface area contributed by atoms with Crippen LogP contribution >= 0.6 is 23.1 Å². The Balaban J connectivity index is 1.48. The zero-order valence-electron chi connectivity index (χ0n) is 15.0. The summed E-state index contributed by atoms with van der Waals surface area (Å²) in [6, 6.07) is 7.66. The van der Waals surface area contributed by atoms with E-state index < -0.39 is 5.92 Å². The third kappa shape index (κ3) is 5.61. The van der Waals surface area contributed by atoms with E-state index in [0.29, 0.717) is 18.0 Å². The summed E-state index contributed by atoms with van der Waals surface area (Å²) >= 11 is 2.90. The summed E-state index contributed by atoms with van der Waals surface area (Å²) in [5.74, 6) is -1.36. The van der Waals surface area contributed by atoms with Crippen LogP contribution in [-0.4, -0.2) is 35.2 Å². The molecule has 0 fully saturated rings. The molecule has 2 heterocycles. The van der Waals surface area contributed by atoms with E-state index in [1.807, 2.05) is 35.9 Å². The number of thioether (sulfide) groups is 1. The molecule has 0 bridgehead atoms. The van der Waals surface area contributed by atoms with Crippen molar-refractivity contribution in [3.63, 3.8) is 0 Å². The van der Waals surface area contributed by atoms with E-state index in [4.69, 9.17) is 0 Å².